The van der Waals surface area contributed by atoms with Gasteiger partial charge in [0.2, 0.25) is 0 Å². The minimum atomic E-state index is -0.390. The van der Waals surface area contributed by atoms with Gasteiger partial charge >= 0.3 is 0 Å². The lowest BCUT2D eigenvalue weighted by Crippen LogP contribution is -1.88. The van der Waals surface area contributed by atoms with Crippen LogP contribution >= 0.6 is 11.3 Å². The fraction of sp³-hybridized carbons (Fsp3) is 0.0588. The third kappa shape index (κ3) is 2.47. The molecule has 0 aliphatic carbocycles. The number of hydrogen-bond acceptors (Lipinski definition) is 4. The van der Waals surface area contributed by atoms with Crippen molar-refractivity contribution in [1.29, 1.82) is 0 Å². The first-order chi connectivity index (χ1) is 11.2. The number of pyridine rings is 1. The summed E-state index contributed by atoms with van der Waals surface area (Å²) in [6, 6.07) is 10.1. The fourth-order valence-corrected chi connectivity index (χ4v) is 3.46. The highest BCUT2D eigenvalue weighted by molar-refractivity contribution is 7.22. The van der Waals surface area contributed by atoms with Crippen LogP contribution in [0.1, 0.15) is 0 Å². The van der Waals surface area contributed by atoms with E-state index in [2.05, 4.69) is 9.97 Å². The molecule has 23 heavy (non-hydrogen) atoms. The summed E-state index contributed by atoms with van der Waals surface area (Å²) in [6.45, 7) is 0. The van der Waals surface area contributed by atoms with Crippen molar-refractivity contribution in [2.75, 3.05) is 0 Å². The highest BCUT2D eigenvalue weighted by Gasteiger charge is 2.14. The second-order valence-corrected chi connectivity index (χ2v) is 6.08. The van der Waals surface area contributed by atoms with E-state index in [1.54, 1.807) is 36.7 Å². The number of aryl methyl sites for hydroxylation is 1. The summed E-state index contributed by atoms with van der Waals surface area (Å²) < 4.78 is 22.4. The van der Waals surface area contributed by atoms with Crippen LogP contribution in [0.15, 0.2) is 55.0 Å². The van der Waals surface area contributed by atoms with Gasteiger partial charge in [0.25, 0.3) is 0 Å². The number of ether oxygens (including phenoxy) is 1. The van der Waals surface area contributed by atoms with Crippen LogP contribution in [-0.4, -0.2) is 14.5 Å². The first-order valence-electron chi connectivity index (χ1n) is 7.01. The van der Waals surface area contributed by atoms with Gasteiger partial charge in [-0.25, -0.2) is 9.37 Å². The lowest BCUT2D eigenvalue weighted by atomic mass is 10.3. The Balaban J connectivity index is 1.81. The lowest BCUT2D eigenvalue weighted by molar-refractivity contribution is 0.447. The predicted molar refractivity (Wildman–Crippen MR) is 88.3 cm³/mol. The first kappa shape index (κ1) is 13.9. The maximum Gasteiger partial charge on any atom is 0.165 e. The molecule has 0 aliphatic rings. The number of nitrogens with zero attached hydrogens (tertiary/aromatic N) is 3. The Kier molecular flexibility index (Phi) is 3.31. The Labute approximate surface area is 135 Å². The zero-order valence-corrected chi connectivity index (χ0v) is 13.0. The molecule has 6 heteroatoms. The highest BCUT2D eigenvalue weighted by Crippen LogP contribution is 2.38. The third-order valence-electron chi connectivity index (χ3n) is 3.47. The largest absolute Gasteiger partial charge is 0.453 e. The number of halogens is 1. The molecule has 0 spiro atoms. The molecular formula is C17H12FN3OS. The summed E-state index contributed by atoms with van der Waals surface area (Å²) in [6.07, 6.45) is 5.31. The molecule has 3 heterocycles. The van der Waals surface area contributed by atoms with E-state index in [4.69, 9.17) is 4.74 Å². The van der Waals surface area contributed by atoms with Gasteiger partial charge in [-0.15, -0.1) is 11.3 Å². The van der Waals surface area contributed by atoms with Crippen LogP contribution in [-0.2, 0) is 7.05 Å². The summed E-state index contributed by atoms with van der Waals surface area (Å²) >= 11 is 1.53. The van der Waals surface area contributed by atoms with Crippen molar-refractivity contribution in [1.82, 2.24) is 14.5 Å². The van der Waals surface area contributed by atoms with E-state index in [9.17, 15) is 4.39 Å². The smallest absolute Gasteiger partial charge is 0.165 e. The zero-order chi connectivity index (χ0) is 15.8. The molecule has 0 atom stereocenters. The number of hydrogen-bond donors (Lipinski definition) is 0. The van der Waals surface area contributed by atoms with E-state index in [1.165, 1.54) is 17.4 Å². The second kappa shape index (κ2) is 5.48. The molecule has 4 aromatic rings. The van der Waals surface area contributed by atoms with Crippen molar-refractivity contribution in [3.05, 3.63) is 60.8 Å². The molecule has 1 aromatic carbocycles. The van der Waals surface area contributed by atoms with Crippen molar-refractivity contribution in [2.45, 2.75) is 0 Å². The molecule has 0 aliphatic heterocycles. The first-order valence-corrected chi connectivity index (χ1v) is 7.82. The number of benzene rings is 1. The number of para-hydroxylation sites is 1. The molecule has 0 radical (unpaired) electrons. The Morgan fingerprint density at radius 2 is 1.96 bits per heavy atom. The van der Waals surface area contributed by atoms with Crippen molar-refractivity contribution in [3.8, 4) is 22.2 Å². The molecule has 0 amide bonds. The van der Waals surface area contributed by atoms with Crippen LogP contribution in [0.4, 0.5) is 4.39 Å². The Hall–Kier alpha value is -2.73. The second-order valence-electron chi connectivity index (χ2n) is 5.03. The summed E-state index contributed by atoms with van der Waals surface area (Å²) in [5.74, 6) is 1.26. The summed E-state index contributed by atoms with van der Waals surface area (Å²) in [7, 11) is 1.94. The molecular weight excluding hydrogens is 313 g/mol. The minimum Gasteiger partial charge on any atom is -0.453 e. The van der Waals surface area contributed by atoms with Crippen LogP contribution in [0.5, 0.6) is 11.5 Å². The monoisotopic (exact) mass is 325 g/mol. The topological polar surface area (TPSA) is 39.9 Å². The molecule has 0 unspecified atom stereocenters. The quantitative estimate of drug-likeness (QED) is 0.551. The highest BCUT2D eigenvalue weighted by atomic mass is 32.1. The predicted octanol–water partition coefficient (Wildman–Crippen LogP) is 4.63. The number of aromatic nitrogens is 3. The number of thiophene rings is 1. The average Bonchev–Trinajstić information content (AvgIpc) is 3.15. The van der Waals surface area contributed by atoms with Crippen molar-refractivity contribution < 1.29 is 9.13 Å². The average molecular weight is 325 g/mol. The van der Waals surface area contributed by atoms with Crippen LogP contribution in [0.3, 0.4) is 0 Å². The zero-order valence-electron chi connectivity index (χ0n) is 12.2. The Morgan fingerprint density at radius 3 is 2.74 bits per heavy atom. The van der Waals surface area contributed by atoms with Crippen LogP contribution in [0.2, 0.25) is 0 Å². The third-order valence-corrected chi connectivity index (χ3v) is 4.61. The summed E-state index contributed by atoms with van der Waals surface area (Å²) in [5.41, 5.74) is 0.807. The fourth-order valence-electron chi connectivity index (χ4n) is 2.35. The molecule has 0 saturated heterocycles. The van der Waals surface area contributed by atoms with Crippen molar-refractivity contribution >= 4 is 21.6 Å². The summed E-state index contributed by atoms with van der Waals surface area (Å²) in [4.78, 5) is 9.71. The molecule has 114 valence electrons. The van der Waals surface area contributed by atoms with Gasteiger partial charge in [0.05, 0.1) is 15.1 Å². The minimum absolute atomic E-state index is 0.201. The van der Waals surface area contributed by atoms with E-state index in [0.717, 1.165) is 20.9 Å². The van der Waals surface area contributed by atoms with Gasteiger partial charge in [-0.2, -0.15) is 0 Å². The van der Waals surface area contributed by atoms with Gasteiger partial charge < -0.3 is 9.30 Å². The number of imidazole rings is 1. The van der Waals surface area contributed by atoms with Crippen LogP contribution in [0.25, 0.3) is 20.9 Å². The lowest BCUT2D eigenvalue weighted by Gasteiger charge is -2.06. The van der Waals surface area contributed by atoms with Crippen LogP contribution in [0, 0.1) is 5.82 Å². The number of rotatable bonds is 3. The molecule has 0 saturated carbocycles. The Morgan fingerprint density at radius 1 is 1.09 bits per heavy atom. The summed E-state index contributed by atoms with van der Waals surface area (Å²) in [5, 5.41) is 0. The van der Waals surface area contributed by atoms with Gasteiger partial charge in [-0.1, -0.05) is 12.1 Å². The van der Waals surface area contributed by atoms with Crippen molar-refractivity contribution in [3.63, 3.8) is 0 Å². The molecule has 0 bridgehead atoms. The SMILES string of the molecule is Cn1ccnc1-c1cc2nccc(Oc3ccccc3F)c2s1. The van der Waals surface area contributed by atoms with E-state index < -0.39 is 5.82 Å². The van der Waals surface area contributed by atoms with Gasteiger partial charge in [0.1, 0.15) is 11.6 Å². The van der Waals surface area contributed by atoms with E-state index in [-0.39, 0.29) is 5.75 Å². The van der Waals surface area contributed by atoms with Gasteiger partial charge in [-0.3, -0.25) is 4.98 Å². The van der Waals surface area contributed by atoms with E-state index in [0.29, 0.717) is 5.75 Å². The maximum atomic E-state index is 13.8. The van der Waals surface area contributed by atoms with E-state index in [1.807, 2.05) is 23.9 Å². The maximum absolute atomic E-state index is 13.8. The standard InChI is InChI=1S/C17H12FN3OS/c1-21-9-8-20-17(21)15-10-12-16(23-15)14(6-7-19-12)22-13-5-3-2-4-11(13)18/h2-10H,1H3. The molecule has 0 fully saturated rings. The number of fused-ring (bicyclic) bond motifs is 1. The molecule has 0 N–H and O–H groups in total. The van der Waals surface area contributed by atoms with Gasteiger partial charge in [0, 0.05) is 31.7 Å². The van der Waals surface area contributed by atoms with Gasteiger partial charge in [-0.05, 0) is 18.2 Å². The van der Waals surface area contributed by atoms with Crippen molar-refractivity contribution in [2.24, 2.45) is 7.05 Å². The molecule has 4 rings (SSSR count). The van der Waals surface area contributed by atoms with Crippen LogP contribution < -0.4 is 4.74 Å². The molecule has 3 aromatic heterocycles. The van der Waals surface area contributed by atoms with E-state index >= 15 is 0 Å². The molecule has 4 nitrogen and oxygen atoms in total. The van der Waals surface area contributed by atoms with Gasteiger partial charge in [0.15, 0.2) is 11.6 Å². The normalized spacial score (nSPS) is 11.0. The Bertz CT molecular complexity index is 992.